The molecule has 1 N–H and O–H groups in total. The number of aromatic nitrogens is 2. The molecule has 1 aliphatic rings. The van der Waals surface area contributed by atoms with Gasteiger partial charge in [-0.1, -0.05) is 23.7 Å². The molecule has 1 amide bonds. The van der Waals surface area contributed by atoms with E-state index in [-0.39, 0.29) is 17.5 Å². The van der Waals surface area contributed by atoms with Gasteiger partial charge in [0.25, 0.3) is 0 Å². The number of carboxylic acid groups (broad SMARTS) is 1. The van der Waals surface area contributed by atoms with Crippen molar-refractivity contribution in [2.24, 2.45) is 0 Å². The van der Waals surface area contributed by atoms with Crippen LogP contribution >= 0.6 is 11.6 Å². The van der Waals surface area contributed by atoms with Crippen LogP contribution in [0.25, 0.3) is 0 Å². The number of halogens is 1. The fourth-order valence-electron chi connectivity index (χ4n) is 2.96. The van der Waals surface area contributed by atoms with Crippen LogP contribution in [-0.2, 0) is 11.2 Å². The van der Waals surface area contributed by atoms with Gasteiger partial charge in [-0.05, 0) is 30.5 Å². The lowest BCUT2D eigenvalue weighted by Gasteiger charge is -2.32. The quantitative estimate of drug-likeness (QED) is 0.922. The number of likely N-dealkylation sites (tertiary alicyclic amines) is 1. The second-order valence-electron chi connectivity index (χ2n) is 5.93. The van der Waals surface area contributed by atoms with Gasteiger partial charge in [-0.2, -0.15) is 5.10 Å². The van der Waals surface area contributed by atoms with E-state index >= 15 is 0 Å². The van der Waals surface area contributed by atoms with Crippen LogP contribution in [0, 0.1) is 0 Å². The number of hydrogen-bond donors (Lipinski definition) is 1. The van der Waals surface area contributed by atoms with Gasteiger partial charge in [-0.3, -0.25) is 9.48 Å². The molecule has 0 unspecified atom stereocenters. The largest absolute Gasteiger partial charge is 0.478 e. The minimum atomic E-state index is -0.976. The summed E-state index contributed by atoms with van der Waals surface area (Å²) in [5.74, 6) is -0.891. The highest BCUT2D eigenvalue weighted by atomic mass is 35.5. The Balaban J connectivity index is 1.56. The fraction of sp³-hybridized carbons (Fsp3) is 0.353. The summed E-state index contributed by atoms with van der Waals surface area (Å²) in [6.45, 7) is 1.29. The molecule has 24 heavy (non-hydrogen) atoms. The van der Waals surface area contributed by atoms with E-state index in [1.165, 1.54) is 6.20 Å². The van der Waals surface area contributed by atoms with E-state index in [0.29, 0.717) is 24.5 Å². The van der Waals surface area contributed by atoms with E-state index in [0.717, 1.165) is 18.4 Å². The standard InChI is InChI=1S/C17H18ClN3O3/c18-14-3-1-2-12(8-14)9-16(22)20-6-4-15(5-7-20)21-11-13(10-19-21)17(23)24/h1-3,8,10-11,15H,4-7,9H2,(H,23,24). The molecular formula is C17H18ClN3O3. The van der Waals surface area contributed by atoms with Crippen LogP contribution in [-0.4, -0.2) is 44.8 Å². The summed E-state index contributed by atoms with van der Waals surface area (Å²) < 4.78 is 1.70. The van der Waals surface area contributed by atoms with Gasteiger partial charge in [0, 0.05) is 24.3 Å². The molecule has 0 spiro atoms. The van der Waals surface area contributed by atoms with E-state index < -0.39 is 5.97 Å². The predicted molar refractivity (Wildman–Crippen MR) is 89.2 cm³/mol. The van der Waals surface area contributed by atoms with Crippen molar-refractivity contribution in [3.05, 3.63) is 52.8 Å². The van der Waals surface area contributed by atoms with Gasteiger partial charge >= 0.3 is 5.97 Å². The van der Waals surface area contributed by atoms with Crippen molar-refractivity contribution in [1.82, 2.24) is 14.7 Å². The first kappa shape index (κ1) is 16.5. The smallest absolute Gasteiger partial charge is 0.338 e. The summed E-state index contributed by atoms with van der Waals surface area (Å²) in [4.78, 5) is 25.2. The molecule has 1 saturated heterocycles. The number of piperidine rings is 1. The summed E-state index contributed by atoms with van der Waals surface area (Å²) >= 11 is 5.95. The molecule has 0 atom stereocenters. The lowest BCUT2D eigenvalue weighted by Crippen LogP contribution is -2.40. The molecule has 6 nitrogen and oxygen atoms in total. The average molecular weight is 348 g/mol. The fourth-order valence-corrected chi connectivity index (χ4v) is 3.17. The highest BCUT2D eigenvalue weighted by Gasteiger charge is 2.24. The number of aromatic carboxylic acids is 1. The Morgan fingerprint density at radius 1 is 1.29 bits per heavy atom. The average Bonchev–Trinajstić information content (AvgIpc) is 3.05. The number of hydrogen-bond acceptors (Lipinski definition) is 3. The molecule has 2 aromatic rings. The van der Waals surface area contributed by atoms with Crippen molar-refractivity contribution >= 4 is 23.5 Å². The Kier molecular flexibility index (Phi) is 4.85. The van der Waals surface area contributed by atoms with Gasteiger partial charge < -0.3 is 10.0 Å². The number of carboxylic acids is 1. The number of carbonyl (C=O) groups excluding carboxylic acids is 1. The lowest BCUT2D eigenvalue weighted by molar-refractivity contribution is -0.131. The highest BCUT2D eigenvalue weighted by molar-refractivity contribution is 6.30. The molecule has 3 rings (SSSR count). The van der Waals surface area contributed by atoms with Crippen LogP contribution in [0.2, 0.25) is 5.02 Å². The second-order valence-corrected chi connectivity index (χ2v) is 6.37. The molecule has 0 aliphatic carbocycles. The van der Waals surface area contributed by atoms with Crippen LogP contribution in [0.4, 0.5) is 0 Å². The van der Waals surface area contributed by atoms with Crippen molar-refractivity contribution in [3.63, 3.8) is 0 Å². The first-order valence-electron chi connectivity index (χ1n) is 7.82. The maximum atomic E-state index is 12.4. The summed E-state index contributed by atoms with van der Waals surface area (Å²) in [5.41, 5.74) is 1.10. The van der Waals surface area contributed by atoms with E-state index in [1.807, 2.05) is 23.1 Å². The van der Waals surface area contributed by atoms with E-state index in [9.17, 15) is 9.59 Å². The molecule has 1 aliphatic heterocycles. The Bertz CT molecular complexity index is 751. The SMILES string of the molecule is O=C(O)c1cnn(C2CCN(C(=O)Cc3cccc(Cl)c3)CC2)c1. The maximum Gasteiger partial charge on any atom is 0.338 e. The number of carbonyl (C=O) groups is 2. The second kappa shape index (κ2) is 7.05. The zero-order valence-corrected chi connectivity index (χ0v) is 13.8. The minimum Gasteiger partial charge on any atom is -0.478 e. The van der Waals surface area contributed by atoms with Crippen molar-refractivity contribution in [3.8, 4) is 0 Å². The Hall–Kier alpha value is -2.34. The van der Waals surface area contributed by atoms with E-state index in [1.54, 1.807) is 16.9 Å². The van der Waals surface area contributed by atoms with E-state index in [4.69, 9.17) is 16.7 Å². The van der Waals surface area contributed by atoms with Gasteiger partial charge in [0.2, 0.25) is 5.91 Å². The molecule has 2 heterocycles. The molecule has 1 fully saturated rings. The Labute approximate surface area is 144 Å². The first-order valence-corrected chi connectivity index (χ1v) is 8.20. The predicted octanol–water partition coefficient (Wildman–Crippen LogP) is 2.64. The molecule has 1 aromatic carbocycles. The highest BCUT2D eigenvalue weighted by Crippen LogP contribution is 2.23. The van der Waals surface area contributed by atoms with Crippen LogP contribution in [0.3, 0.4) is 0 Å². The lowest BCUT2D eigenvalue weighted by atomic mass is 10.0. The Morgan fingerprint density at radius 2 is 2.04 bits per heavy atom. The van der Waals surface area contributed by atoms with Crippen molar-refractivity contribution in [1.29, 1.82) is 0 Å². The van der Waals surface area contributed by atoms with Crippen molar-refractivity contribution in [2.75, 3.05) is 13.1 Å². The van der Waals surface area contributed by atoms with Gasteiger partial charge in [-0.15, -0.1) is 0 Å². The Morgan fingerprint density at radius 3 is 2.67 bits per heavy atom. The molecular weight excluding hydrogens is 330 g/mol. The summed E-state index contributed by atoms with van der Waals surface area (Å²) in [6, 6.07) is 7.47. The third kappa shape index (κ3) is 3.76. The minimum absolute atomic E-state index is 0.0856. The number of rotatable bonds is 4. The normalized spacial score (nSPS) is 15.5. The molecule has 126 valence electrons. The molecule has 7 heteroatoms. The maximum absolute atomic E-state index is 12.4. The summed E-state index contributed by atoms with van der Waals surface area (Å²) in [7, 11) is 0. The van der Waals surface area contributed by atoms with Gasteiger partial charge in [-0.25, -0.2) is 4.79 Å². The van der Waals surface area contributed by atoms with Crippen molar-refractivity contribution < 1.29 is 14.7 Å². The molecule has 1 aromatic heterocycles. The van der Waals surface area contributed by atoms with Crippen LogP contribution in [0.1, 0.15) is 34.8 Å². The van der Waals surface area contributed by atoms with E-state index in [2.05, 4.69) is 5.10 Å². The zero-order valence-electron chi connectivity index (χ0n) is 13.1. The molecule has 0 saturated carbocycles. The molecule has 0 radical (unpaired) electrons. The summed E-state index contributed by atoms with van der Waals surface area (Å²) in [5, 5.41) is 13.7. The topological polar surface area (TPSA) is 75.4 Å². The van der Waals surface area contributed by atoms with Gasteiger partial charge in [0.1, 0.15) is 0 Å². The molecule has 0 bridgehead atoms. The zero-order chi connectivity index (χ0) is 17.1. The third-order valence-corrected chi connectivity index (χ3v) is 4.52. The number of amides is 1. The van der Waals surface area contributed by atoms with Crippen LogP contribution in [0.5, 0.6) is 0 Å². The third-order valence-electron chi connectivity index (χ3n) is 4.28. The number of nitrogens with zero attached hydrogens (tertiary/aromatic N) is 3. The number of benzene rings is 1. The van der Waals surface area contributed by atoms with Crippen molar-refractivity contribution in [2.45, 2.75) is 25.3 Å². The first-order chi connectivity index (χ1) is 11.5. The van der Waals surface area contributed by atoms with Crippen LogP contribution in [0.15, 0.2) is 36.7 Å². The van der Waals surface area contributed by atoms with Gasteiger partial charge in [0.15, 0.2) is 0 Å². The van der Waals surface area contributed by atoms with Crippen LogP contribution < -0.4 is 0 Å². The summed E-state index contributed by atoms with van der Waals surface area (Å²) in [6.07, 6.45) is 4.79. The van der Waals surface area contributed by atoms with Gasteiger partial charge in [0.05, 0.1) is 24.2 Å². The monoisotopic (exact) mass is 347 g/mol.